The lowest BCUT2D eigenvalue weighted by atomic mass is 10.1. The number of benzene rings is 3. The summed E-state index contributed by atoms with van der Waals surface area (Å²) in [6.07, 6.45) is 0. The van der Waals surface area contributed by atoms with Gasteiger partial charge in [0, 0.05) is 10.7 Å². The fourth-order valence-corrected chi connectivity index (χ4v) is 5.09. The predicted octanol–water partition coefficient (Wildman–Crippen LogP) is 7.14. The van der Waals surface area contributed by atoms with E-state index in [2.05, 4.69) is 0 Å². The van der Waals surface area contributed by atoms with E-state index in [9.17, 15) is 9.18 Å². The van der Waals surface area contributed by atoms with Crippen LogP contribution in [0.4, 0.5) is 10.1 Å². The van der Waals surface area contributed by atoms with Gasteiger partial charge in [0.2, 0.25) is 5.91 Å². The van der Waals surface area contributed by atoms with E-state index in [1.165, 1.54) is 23.9 Å². The second-order valence-corrected chi connectivity index (χ2v) is 8.96. The normalized spacial score (nSPS) is 16.2. The van der Waals surface area contributed by atoms with Crippen molar-refractivity contribution in [3.05, 3.63) is 92.7 Å². The van der Waals surface area contributed by atoms with Crippen LogP contribution in [0, 0.1) is 5.82 Å². The molecule has 3 aromatic rings. The van der Waals surface area contributed by atoms with Crippen LogP contribution in [0.2, 0.25) is 15.1 Å². The highest BCUT2D eigenvalue weighted by Crippen LogP contribution is 2.45. The predicted molar refractivity (Wildman–Crippen MR) is 121 cm³/mol. The number of carbonyl (C=O) groups is 1. The molecule has 30 heavy (non-hydrogen) atoms. The molecule has 4 rings (SSSR count). The molecule has 1 fully saturated rings. The second kappa shape index (κ2) is 9.06. The van der Waals surface area contributed by atoms with E-state index in [0.29, 0.717) is 32.1 Å². The summed E-state index contributed by atoms with van der Waals surface area (Å²) in [4.78, 5) is 14.2. The van der Waals surface area contributed by atoms with Crippen molar-refractivity contribution in [2.75, 3.05) is 10.7 Å². The Hall–Kier alpha value is -1.92. The highest BCUT2D eigenvalue weighted by molar-refractivity contribution is 8.00. The summed E-state index contributed by atoms with van der Waals surface area (Å²) in [5, 5.41) is 0.973. The molecule has 8 heteroatoms. The molecule has 3 nitrogen and oxygen atoms in total. The zero-order valence-corrected chi connectivity index (χ0v) is 18.5. The minimum absolute atomic E-state index is 0.00834. The molecule has 1 atom stereocenters. The molecule has 1 amide bonds. The van der Waals surface area contributed by atoms with Crippen molar-refractivity contribution in [1.82, 2.24) is 0 Å². The third kappa shape index (κ3) is 4.54. The van der Waals surface area contributed by atoms with E-state index in [4.69, 9.17) is 39.5 Å². The van der Waals surface area contributed by atoms with Crippen LogP contribution in [0.15, 0.2) is 60.7 Å². The maximum atomic E-state index is 13.4. The van der Waals surface area contributed by atoms with Crippen molar-refractivity contribution in [1.29, 1.82) is 0 Å². The van der Waals surface area contributed by atoms with E-state index in [1.807, 2.05) is 0 Å². The van der Waals surface area contributed by atoms with Crippen LogP contribution in [0.3, 0.4) is 0 Å². The van der Waals surface area contributed by atoms with E-state index in [1.54, 1.807) is 53.4 Å². The highest BCUT2D eigenvalue weighted by Gasteiger charge is 2.34. The second-order valence-electron chi connectivity index (χ2n) is 6.64. The summed E-state index contributed by atoms with van der Waals surface area (Å²) in [5.41, 5.74) is 2.20. The van der Waals surface area contributed by atoms with Crippen LogP contribution in [0.25, 0.3) is 0 Å². The summed E-state index contributed by atoms with van der Waals surface area (Å²) in [6.45, 7) is 0.129. The van der Waals surface area contributed by atoms with Gasteiger partial charge in [0.15, 0.2) is 5.75 Å². The SMILES string of the molecule is O=C1CS[C@@H](c2cc(Cl)c(OCc3cccc(F)c3)c(Cl)c2)N1c1ccc(Cl)cc1. The number of halogens is 4. The zero-order valence-electron chi connectivity index (χ0n) is 15.4. The zero-order chi connectivity index (χ0) is 21.3. The largest absolute Gasteiger partial charge is 0.486 e. The quantitative estimate of drug-likeness (QED) is 0.387. The monoisotopic (exact) mass is 481 g/mol. The molecule has 1 heterocycles. The van der Waals surface area contributed by atoms with Crippen molar-refractivity contribution in [2.45, 2.75) is 12.0 Å². The molecule has 3 aromatic carbocycles. The Balaban J connectivity index is 1.58. The molecular formula is C22H15Cl3FNO2S. The molecule has 1 saturated heterocycles. The van der Waals surface area contributed by atoms with E-state index >= 15 is 0 Å². The first-order valence-corrected chi connectivity index (χ1v) is 11.2. The standard InChI is InChI=1S/C22H15Cl3FNO2S/c23-15-4-6-17(7-5-15)27-20(28)12-30-22(27)14-9-18(24)21(19(25)10-14)29-11-13-2-1-3-16(26)8-13/h1-10,22H,11-12H2/t22-/m0/s1. The van der Waals surface area contributed by atoms with Crippen LogP contribution >= 0.6 is 46.6 Å². The molecule has 0 aliphatic carbocycles. The summed E-state index contributed by atoms with van der Waals surface area (Å²) in [6, 6.07) is 16.7. The smallest absolute Gasteiger partial charge is 0.238 e. The highest BCUT2D eigenvalue weighted by atomic mass is 35.5. The Morgan fingerprint density at radius 2 is 1.73 bits per heavy atom. The number of carbonyl (C=O) groups excluding carboxylic acids is 1. The fourth-order valence-electron chi connectivity index (χ4n) is 3.19. The summed E-state index contributed by atoms with van der Waals surface area (Å²) >= 11 is 20.4. The number of thioether (sulfide) groups is 1. The van der Waals surface area contributed by atoms with Crippen molar-refractivity contribution >= 4 is 58.2 Å². The van der Waals surface area contributed by atoms with Crippen molar-refractivity contribution in [2.24, 2.45) is 0 Å². The van der Waals surface area contributed by atoms with Gasteiger partial charge in [0.25, 0.3) is 0 Å². The first-order valence-electron chi connectivity index (χ1n) is 8.98. The molecule has 0 N–H and O–H groups in total. The first-order chi connectivity index (χ1) is 14.4. The van der Waals surface area contributed by atoms with Crippen molar-refractivity contribution in [3.63, 3.8) is 0 Å². The van der Waals surface area contributed by atoms with Gasteiger partial charge in [-0.2, -0.15) is 0 Å². The minimum Gasteiger partial charge on any atom is -0.486 e. The lowest BCUT2D eigenvalue weighted by Gasteiger charge is -2.25. The minimum atomic E-state index is -0.339. The fraction of sp³-hybridized carbons (Fsp3) is 0.136. The summed E-state index contributed by atoms with van der Waals surface area (Å²) < 4.78 is 19.1. The molecule has 0 bridgehead atoms. The van der Waals surface area contributed by atoms with Gasteiger partial charge in [-0.1, -0.05) is 46.9 Å². The lowest BCUT2D eigenvalue weighted by molar-refractivity contribution is -0.115. The molecule has 1 aliphatic heterocycles. The Bertz CT molecular complexity index is 1070. The molecule has 0 radical (unpaired) electrons. The molecule has 1 aliphatic rings. The van der Waals surface area contributed by atoms with Gasteiger partial charge in [0.05, 0.1) is 15.8 Å². The number of ether oxygens (including phenoxy) is 1. The molecule has 0 spiro atoms. The van der Waals surface area contributed by atoms with E-state index in [0.717, 1.165) is 11.3 Å². The van der Waals surface area contributed by atoms with Crippen LogP contribution < -0.4 is 9.64 Å². The topological polar surface area (TPSA) is 29.5 Å². The Labute approximate surface area is 192 Å². The van der Waals surface area contributed by atoms with Gasteiger partial charge < -0.3 is 4.74 Å². The average Bonchev–Trinajstić information content (AvgIpc) is 3.09. The van der Waals surface area contributed by atoms with Crippen LogP contribution in [-0.2, 0) is 11.4 Å². The first kappa shape index (κ1) is 21.3. The number of hydrogen-bond acceptors (Lipinski definition) is 3. The molecule has 0 saturated carbocycles. The average molecular weight is 483 g/mol. The molecule has 0 unspecified atom stereocenters. The number of hydrogen-bond donors (Lipinski definition) is 0. The Morgan fingerprint density at radius 3 is 2.40 bits per heavy atom. The Morgan fingerprint density at radius 1 is 1.03 bits per heavy atom. The third-order valence-corrected chi connectivity index (χ3v) is 6.58. The van der Waals surface area contributed by atoms with E-state index < -0.39 is 0 Å². The summed E-state index contributed by atoms with van der Waals surface area (Å²) in [5.74, 6) is 0.318. The number of anilines is 1. The third-order valence-electron chi connectivity index (χ3n) is 4.55. The molecule has 154 valence electrons. The lowest BCUT2D eigenvalue weighted by Crippen LogP contribution is -2.27. The summed E-state index contributed by atoms with van der Waals surface area (Å²) in [7, 11) is 0. The number of nitrogens with zero attached hydrogens (tertiary/aromatic N) is 1. The number of amides is 1. The van der Waals surface area contributed by atoms with Gasteiger partial charge in [-0.15, -0.1) is 11.8 Å². The maximum absolute atomic E-state index is 13.4. The van der Waals surface area contributed by atoms with Crippen LogP contribution in [0.5, 0.6) is 5.75 Å². The van der Waals surface area contributed by atoms with Gasteiger partial charge in [-0.3, -0.25) is 9.69 Å². The van der Waals surface area contributed by atoms with Gasteiger partial charge in [-0.05, 0) is 59.7 Å². The Kier molecular flexibility index (Phi) is 6.44. The van der Waals surface area contributed by atoms with Gasteiger partial charge in [0.1, 0.15) is 17.8 Å². The van der Waals surface area contributed by atoms with Crippen molar-refractivity contribution in [3.8, 4) is 5.75 Å². The van der Waals surface area contributed by atoms with Crippen LogP contribution in [0.1, 0.15) is 16.5 Å². The van der Waals surface area contributed by atoms with E-state index in [-0.39, 0.29) is 23.7 Å². The number of rotatable bonds is 5. The van der Waals surface area contributed by atoms with Gasteiger partial charge >= 0.3 is 0 Å². The molecule has 0 aromatic heterocycles. The van der Waals surface area contributed by atoms with Crippen molar-refractivity contribution < 1.29 is 13.9 Å². The van der Waals surface area contributed by atoms with Gasteiger partial charge in [-0.25, -0.2) is 4.39 Å². The van der Waals surface area contributed by atoms with Crippen LogP contribution in [-0.4, -0.2) is 11.7 Å². The maximum Gasteiger partial charge on any atom is 0.238 e. The molecular weight excluding hydrogens is 468 g/mol.